The number of likely N-dealkylation sites (tertiary alicyclic amines) is 1. The van der Waals surface area contributed by atoms with E-state index in [2.05, 4.69) is 10.2 Å². The van der Waals surface area contributed by atoms with E-state index in [1.54, 1.807) is 0 Å². The van der Waals surface area contributed by atoms with Crippen LogP contribution in [0, 0.1) is 5.92 Å². The van der Waals surface area contributed by atoms with E-state index in [9.17, 15) is 9.59 Å². The number of hydrogen-bond donors (Lipinski definition) is 1. The normalized spacial score (nSPS) is 22.6. The van der Waals surface area contributed by atoms with Crippen LogP contribution in [0.15, 0.2) is 30.3 Å². The van der Waals surface area contributed by atoms with Crippen molar-refractivity contribution in [2.24, 2.45) is 5.92 Å². The molecule has 5 heteroatoms. The van der Waals surface area contributed by atoms with Gasteiger partial charge < -0.3 is 10.1 Å². The van der Waals surface area contributed by atoms with Gasteiger partial charge in [-0.25, -0.2) is 0 Å². The molecule has 24 heavy (non-hydrogen) atoms. The smallest absolute Gasteiger partial charge is 0.310 e. The van der Waals surface area contributed by atoms with Crippen molar-refractivity contribution in [3.05, 3.63) is 35.9 Å². The molecule has 5 nitrogen and oxygen atoms in total. The first-order valence-corrected chi connectivity index (χ1v) is 8.95. The molecule has 2 fully saturated rings. The Hall–Kier alpha value is -1.88. The highest BCUT2D eigenvalue weighted by Gasteiger charge is 2.36. The lowest BCUT2D eigenvalue weighted by atomic mass is 9.94. The van der Waals surface area contributed by atoms with Gasteiger partial charge in [-0.15, -0.1) is 0 Å². The summed E-state index contributed by atoms with van der Waals surface area (Å²) in [4.78, 5) is 27.1. The summed E-state index contributed by atoms with van der Waals surface area (Å²) in [5, 5.41) is 3.12. The van der Waals surface area contributed by atoms with E-state index in [0.29, 0.717) is 19.2 Å². The third-order valence-electron chi connectivity index (χ3n) is 4.73. The van der Waals surface area contributed by atoms with E-state index in [4.69, 9.17) is 4.74 Å². The Labute approximate surface area is 143 Å². The summed E-state index contributed by atoms with van der Waals surface area (Å²) in [5.74, 6) is -0.233. The van der Waals surface area contributed by atoms with Crippen LogP contribution in [0.25, 0.3) is 0 Å². The Morgan fingerprint density at radius 2 is 2.00 bits per heavy atom. The van der Waals surface area contributed by atoms with Gasteiger partial charge in [-0.2, -0.15) is 0 Å². The van der Waals surface area contributed by atoms with E-state index in [1.165, 1.54) is 0 Å². The van der Waals surface area contributed by atoms with Crippen molar-refractivity contribution in [2.45, 2.75) is 44.7 Å². The molecule has 1 aliphatic carbocycles. The van der Waals surface area contributed by atoms with Gasteiger partial charge in [0.05, 0.1) is 12.5 Å². The Bertz CT molecular complexity index is 571. The Morgan fingerprint density at radius 3 is 2.67 bits per heavy atom. The molecule has 1 saturated heterocycles. The number of rotatable bonds is 6. The topological polar surface area (TPSA) is 58.6 Å². The van der Waals surface area contributed by atoms with E-state index in [1.807, 2.05) is 37.3 Å². The van der Waals surface area contributed by atoms with E-state index in [0.717, 1.165) is 37.8 Å². The maximum atomic E-state index is 12.8. The van der Waals surface area contributed by atoms with Gasteiger partial charge in [0.25, 0.3) is 0 Å². The number of carbonyl (C=O) groups is 2. The number of esters is 1. The molecule has 2 aliphatic rings. The molecule has 1 aromatic rings. The predicted molar refractivity (Wildman–Crippen MR) is 91.3 cm³/mol. The van der Waals surface area contributed by atoms with Gasteiger partial charge in [-0.3, -0.25) is 14.5 Å². The highest BCUT2D eigenvalue weighted by Crippen LogP contribution is 2.29. The second-order valence-electron chi connectivity index (χ2n) is 6.68. The van der Waals surface area contributed by atoms with E-state index < -0.39 is 0 Å². The predicted octanol–water partition coefficient (Wildman–Crippen LogP) is 2.28. The molecule has 0 unspecified atom stereocenters. The van der Waals surface area contributed by atoms with Gasteiger partial charge in [0, 0.05) is 12.6 Å². The van der Waals surface area contributed by atoms with Crippen molar-refractivity contribution in [1.29, 1.82) is 0 Å². The first-order chi connectivity index (χ1) is 11.7. The van der Waals surface area contributed by atoms with Gasteiger partial charge >= 0.3 is 5.97 Å². The van der Waals surface area contributed by atoms with Gasteiger partial charge in [0.1, 0.15) is 6.04 Å². The Morgan fingerprint density at radius 1 is 1.25 bits per heavy atom. The van der Waals surface area contributed by atoms with Crippen LogP contribution >= 0.6 is 0 Å². The van der Waals surface area contributed by atoms with Crippen LogP contribution in [0.1, 0.15) is 44.2 Å². The first-order valence-electron chi connectivity index (χ1n) is 8.95. The fourth-order valence-electron chi connectivity index (χ4n) is 3.36. The standard InChI is InChI=1S/C19H26N2O3/c1-2-24-19(23)15-9-6-12-21(13-15)17(14-7-4-3-5-8-14)18(22)20-16-10-11-16/h3-5,7-8,15-17H,2,6,9-13H2,1H3,(H,20,22)/t15-,17-/m0/s1. The molecular formula is C19H26N2O3. The molecule has 0 bridgehead atoms. The number of nitrogens with one attached hydrogen (secondary N) is 1. The Balaban J connectivity index is 1.76. The molecule has 0 spiro atoms. The number of amides is 1. The SMILES string of the molecule is CCOC(=O)[C@H]1CCCN([C@H](C(=O)NC2CC2)c2ccccc2)C1. The van der Waals surface area contributed by atoms with Gasteiger partial charge in [0.2, 0.25) is 5.91 Å². The minimum absolute atomic E-state index is 0.0493. The zero-order chi connectivity index (χ0) is 16.9. The molecule has 2 atom stereocenters. The lowest BCUT2D eigenvalue weighted by Crippen LogP contribution is -2.47. The molecular weight excluding hydrogens is 304 g/mol. The second-order valence-corrected chi connectivity index (χ2v) is 6.68. The average Bonchev–Trinajstić information content (AvgIpc) is 3.40. The molecule has 1 aliphatic heterocycles. The minimum Gasteiger partial charge on any atom is -0.466 e. The number of hydrogen-bond acceptors (Lipinski definition) is 4. The van der Waals surface area contributed by atoms with Crippen LogP contribution < -0.4 is 5.32 Å². The summed E-state index contributed by atoms with van der Waals surface area (Å²) in [5.41, 5.74) is 0.986. The van der Waals surface area contributed by atoms with E-state index >= 15 is 0 Å². The fourth-order valence-corrected chi connectivity index (χ4v) is 3.36. The zero-order valence-electron chi connectivity index (χ0n) is 14.2. The van der Waals surface area contributed by atoms with E-state index in [-0.39, 0.29) is 23.8 Å². The monoisotopic (exact) mass is 330 g/mol. The van der Waals surface area contributed by atoms with Gasteiger partial charge in [0.15, 0.2) is 0 Å². The van der Waals surface area contributed by atoms with Crippen molar-refractivity contribution in [3.63, 3.8) is 0 Å². The largest absolute Gasteiger partial charge is 0.466 e. The molecule has 1 aromatic carbocycles. The summed E-state index contributed by atoms with van der Waals surface area (Å²) in [7, 11) is 0. The quantitative estimate of drug-likeness (QED) is 0.813. The first kappa shape index (κ1) is 17.0. The third-order valence-corrected chi connectivity index (χ3v) is 4.73. The molecule has 130 valence electrons. The number of ether oxygens (including phenoxy) is 1. The minimum atomic E-state index is -0.330. The molecule has 0 aromatic heterocycles. The average molecular weight is 330 g/mol. The maximum absolute atomic E-state index is 12.8. The van der Waals surface area contributed by atoms with Crippen LogP contribution in [0.4, 0.5) is 0 Å². The number of piperidine rings is 1. The Kier molecular flexibility index (Phi) is 5.51. The molecule has 1 saturated carbocycles. The molecule has 0 radical (unpaired) electrons. The van der Waals surface area contributed by atoms with Crippen LogP contribution in [0.5, 0.6) is 0 Å². The summed E-state index contributed by atoms with van der Waals surface area (Å²) in [6.07, 6.45) is 3.88. The highest BCUT2D eigenvalue weighted by atomic mass is 16.5. The van der Waals surface area contributed by atoms with Gasteiger partial charge in [-0.1, -0.05) is 30.3 Å². The number of carbonyl (C=O) groups excluding carboxylic acids is 2. The highest BCUT2D eigenvalue weighted by molar-refractivity contribution is 5.84. The molecule has 1 amide bonds. The second kappa shape index (κ2) is 7.79. The molecule has 3 rings (SSSR count). The van der Waals surface area contributed by atoms with Crippen LogP contribution in [0.3, 0.4) is 0 Å². The van der Waals surface area contributed by atoms with Gasteiger partial charge in [-0.05, 0) is 44.7 Å². The van der Waals surface area contributed by atoms with Crippen molar-refractivity contribution < 1.29 is 14.3 Å². The van der Waals surface area contributed by atoms with Crippen LogP contribution in [-0.4, -0.2) is 42.5 Å². The summed E-state index contributed by atoms with van der Waals surface area (Å²) in [6, 6.07) is 9.85. The lowest BCUT2D eigenvalue weighted by Gasteiger charge is -2.37. The van der Waals surface area contributed by atoms with Crippen molar-refractivity contribution in [1.82, 2.24) is 10.2 Å². The van der Waals surface area contributed by atoms with Crippen molar-refractivity contribution in [3.8, 4) is 0 Å². The number of nitrogens with zero attached hydrogens (tertiary/aromatic N) is 1. The summed E-state index contributed by atoms with van der Waals surface area (Å²) in [6.45, 7) is 3.64. The zero-order valence-corrected chi connectivity index (χ0v) is 14.2. The molecule has 1 N–H and O–H groups in total. The molecule has 1 heterocycles. The third kappa shape index (κ3) is 4.15. The lowest BCUT2D eigenvalue weighted by molar-refractivity contribution is -0.151. The summed E-state index contributed by atoms with van der Waals surface area (Å²) >= 11 is 0. The number of benzene rings is 1. The van der Waals surface area contributed by atoms with Crippen molar-refractivity contribution in [2.75, 3.05) is 19.7 Å². The van der Waals surface area contributed by atoms with Crippen LogP contribution in [0.2, 0.25) is 0 Å². The van der Waals surface area contributed by atoms with Crippen molar-refractivity contribution >= 4 is 11.9 Å². The maximum Gasteiger partial charge on any atom is 0.310 e. The fraction of sp³-hybridized carbons (Fsp3) is 0.579. The summed E-state index contributed by atoms with van der Waals surface area (Å²) < 4.78 is 5.18. The van der Waals surface area contributed by atoms with Crippen LogP contribution in [-0.2, 0) is 14.3 Å².